The Kier molecular flexibility index (Phi) is 8.75. The molecule has 1 aliphatic heterocycles. The molecule has 28 heavy (non-hydrogen) atoms. The quantitative estimate of drug-likeness (QED) is 0.209. The maximum Gasteiger partial charge on any atom is 0.295 e. The number of rotatable bonds is 13. The monoisotopic (exact) mass is 416 g/mol. The molecule has 0 aromatic rings. The number of unbranched alkanes of at least 4 members (excludes halogenated alkanes) is 1. The molecule has 1 aliphatic rings. The lowest BCUT2D eigenvalue weighted by Crippen LogP contribution is -2.63. The summed E-state index contributed by atoms with van der Waals surface area (Å²) in [5.41, 5.74) is 0. The average Bonchev–Trinajstić information content (AvgIpc) is 2.57. The van der Waals surface area contributed by atoms with E-state index in [9.17, 15) is 40.5 Å². The van der Waals surface area contributed by atoms with E-state index >= 15 is 0 Å². The van der Waals surface area contributed by atoms with Gasteiger partial charge in [0.25, 0.3) is 20.3 Å². The van der Waals surface area contributed by atoms with Crippen molar-refractivity contribution in [3.8, 4) is 0 Å². The highest BCUT2D eigenvalue weighted by molar-refractivity contribution is 4.91. The van der Waals surface area contributed by atoms with E-state index in [1.54, 1.807) is 6.92 Å². The van der Waals surface area contributed by atoms with E-state index in [-0.39, 0.29) is 6.61 Å². The van der Waals surface area contributed by atoms with Gasteiger partial charge in [0.15, 0.2) is 24.6 Å². The lowest BCUT2D eigenvalue weighted by atomic mass is 9.99. The summed E-state index contributed by atoms with van der Waals surface area (Å²) in [5.74, 6) is 0. The molecule has 0 bridgehead atoms. The molecule has 0 radical (unpaired) electrons. The Labute approximate surface area is 154 Å². The number of hydrogen-bond acceptors (Lipinski definition) is 14. The van der Waals surface area contributed by atoms with E-state index in [1.165, 1.54) is 0 Å². The summed E-state index contributed by atoms with van der Waals surface area (Å²) in [7, 11) is 0. The molecule has 5 atom stereocenters. The maximum absolute atomic E-state index is 10.8. The van der Waals surface area contributed by atoms with Crippen LogP contribution in [-0.2, 0) is 28.8 Å². The third-order valence-corrected chi connectivity index (χ3v) is 3.34. The second-order valence-corrected chi connectivity index (χ2v) is 5.17. The third-order valence-electron chi connectivity index (χ3n) is 3.34. The Bertz CT molecular complexity index is 574. The third kappa shape index (κ3) is 7.15. The van der Waals surface area contributed by atoms with Gasteiger partial charge in [-0.25, -0.2) is 0 Å². The van der Waals surface area contributed by atoms with Crippen LogP contribution in [0.3, 0.4) is 0 Å². The molecule has 0 spiro atoms. The molecule has 160 valence electrons. The summed E-state index contributed by atoms with van der Waals surface area (Å²) < 4.78 is 10.4. The molecule has 0 aliphatic carbocycles. The predicted molar refractivity (Wildman–Crippen MR) is 78.1 cm³/mol. The van der Waals surface area contributed by atoms with Crippen molar-refractivity contribution in [3.63, 3.8) is 0 Å². The molecule has 0 amide bonds. The van der Waals surface area contributed by atoms with Gasteiger partial charge in [0.1, 0.15) is 12.7 Å². The van der Waals surface area contributed by atoms with Crippen LogP contribution in [0.15, 0.2) is 0 Å². The van der Waals surface area contributed by atoms with Crippen LogP contribution in [0.25, 0.3) is 0 Å². The van der Waals surface area contributed by atoms with Crippen molar-refractivity contribution in [2.75, 3.05) is 13.2 Å². The first-order valence-corrected chi connectivity index (χ1v) is 7.63. The standard InChI is InChI=1S/C10H16N4O14/c1-2-3-4-23-10-9(28-14(21)22)8(27-13(19)20)7(26-12(17)18)6(25-10)5-24-11(15)16/h6-10H,2-5H2,1H3/t6-,7-,8+,9-,10-/m1/s1. The summed E-state index contributed by atoms with van der Waals surface area (Å²) >= 11 is 0. The fourth-order valence-electron chi connectivity index (χ4n) is 2.28. The average molecular weight is 416 g/mol. The van der Waals surface area contributed by atoms with Crippen LogP contribution >= 0.6 is 0 Å². The van der Waals surface area contributed by atoms with Crippen LogP contribution in [0, 0.1) is 40.5 Å². The zero-order valence-electron chi connectivity index (χ0n) is 14.2. The summed E-state index contributed by atoms with van der Waals surface area (Å²) in [5, 5.41) is 37.3. The van der Waals surface area contributed by atoms with Crippen molar-refractivity contribution in [1.29, 1.82) is 0 Å². The fourth-order valence-corrected chi connectivity index (χ4v) is 2.28. The Balaban J connectivity index is 3.21. The van der Waals surface area contributed by atoms with Crippen LogP contribution in [0.1, 0.15) is 19.8 Å². The Morgan fingerprint density at radius 1 is 0.821 bits per heavy atom. The normalized spacial score (nSPS) is 26.7. The summed E-state index contributed by atoms with van der Waals surface area (Å²) in [6.45, 7) is 0.791. The van der Waals surface area contributed by atoms with Gasteiger partial charge in [-0.2, -0.15) is 0 Å². The highest BCUT2D eigenvalue weighted by Crippen LogP contribution is 2.29. The minimum absolute atomic E-state index is 0.0342. The second kappa shape index (κ2) is 10.8. The van der Waals surface area contributed by atoms with E-state index < -0.39 is 57.7 Å². The molecule has 1 saturated heterocycles. The summed E-state index contributed by atoms with van der Waals surface area (Å²) in [6.07, 6.45) is -8.43. The largest absolute Gasteiger partial charge is 0.350 e. The van der Waals surface area contributed by atoms with E-state index in [2.05, 4.69) is 19.4 Å². The van der Waals surface area contributed by atoms with Crippen LogP contribution in [-0.4, -0.2) is 64.3 Å². The molecule has 0 N–H and O–H groups in total. The van der Waals surface area contributed by atoms with Crippen molar-refractivity contribution in [1.82, 2.24) is 0 Å². The number of hydrogen-bond donors (Lipinski definition) is 0. The van der Waals surface area contributed by atoms with Gasteiger partial charge in [0.2, 0.25) is 0 Å². The minimum Gasteiger partial charge on any atom is -0.350 e. The van der Waals surface area contributed by atoms with Gasteiger partial charge in [-0.3, -0.25) is 0 Å². The number of nitrogens with zero attached hydrogens (tertiary/aromatic N) is 4. The Morgan fingerprint density at radius 3 is 1.86 bits per heavy atom. The van der Waals surface area contributed by atoms with Crippen molar-refractivity contribution < 1.29 is 49.2 Å². The zero-order chi connectivity index (χ0) is 21.3. The molecule has 1 fully saturated rings. The highest BCUT2D eigenvalue weighted by Gasteiger charge is 2.53. The molecule has 18 nitrogen and oxygen atoms in total. The van der Waals surface area contributed by atoms with Crippen molar-refractivity contribution in [2.45, 2.75) is 50.5 Å². The van der Waals surface area contributed by atoms with E-state index in [1.807, 2.05) is 0 Å². The molecule has 18 heteroatoms. The first kappa shape index (κ1) is 22.8. The molecular weight excluding hydrogens is 400 g/mol. The van der Waals surface area contributed by atoms with Crippen LogP contribution < -0.4 is 0 Å². The maximum atomic E-state index is 10.8. The van der Waals surface area contributed by atoms with Gasteiger partial charge in [0.05, 0.1) is 0 Å². The Morgan fingerprint density at radius 2 is 1.36 bits per heavy atom. The Hall–Kier alpha value is -3.28. The molecule has 0 unspecified atom stereocenters. The van der Waals surface area contributed by atoms with Crippen molar-refractivity contribution >= 4 is 0 Å². The lowest BCUT2D eigenvalue weighted by molar-refractivity contribution is -0.825. The van der Waals surface area contributed by atoms with Crippen LogP contribution in [0.2, 0.25) is 0 Å². The number of ether oxygens (including phenoxy) is 2. The molecule has 0 aromatic heterocycles. The molecule has 1 heterocycles. The second-order valence-electron chi connectivity index (χ2n) is 5.17. The smallest absolute Gasteiger partial charge is 0.295 e. The first-order valence-electron chi connectivity index (χ1n) is 7.63. The highest BCUT2D eigenvalue weighted by atomic mass is 17.0. The molecular formula is C10H16N4O14. The van der Waals surface area contributed by atoms with E-state index in [0.29, 0.717) is 12.8 Å². The van der Waals surface area contributed by atoms with Gasteiger partial charge in [-0.05, 0) is 6.42 Å². The van der Waals surface area contributed by atoms with Gasteiger partial charge in [-0.15, -0.1) is 40.5 Å². The predicted octanol–water partition coefficient (Wildman–Crippen LogP) is -0.533. The fraction of sp³-hybridized carbons (Fsp3) is 1.00. The topological polar surface area (TPSA) is 228 Å². The van der Waals surface area contributed by atoms with Gasteiger partial charge < -0.3 is 28.8 Å². The first-order chi connectivity index (χ1) is 13.1. The summed E-state index contributed by atoms with van der Waals surface area (Å²) in [4.78, 5) is 59.6. The van der Waals surface area contributed by atoms with E-state index in [0.717, 1.165) is 0 Å². The minimum atomic E-state index is -2.11. The molecule has 0 saturated carbocycles. The molecule has 1 rings (SSSR count). The van der Waals surface area contributed by atoms with Crippen LogP contribution in [0.5, 0.6) is 0 Å². The molecule has 0 aromatic carbocycles. The lowest BCUT2D eigenvalue weighted by Gasteiger charge is -2.42. The van der Waals surface area contributed by atoms with Crippen molar-refractivity contribution in [2.24, 2.45) is 0 Å². The van der Waals surface area contributed by atoms with E-state index in [4.69, 9.17) is 9.47 Å². The van der Waals surface area contributed by atoms with Gasteiger partial charge in [0, 0.05) is 6.61 Å². The summed E-state index contributed by atoms with van der Waals surface area (Å²) in [6, 6.07) is 0. The van der Waals surface area contributed by atoms with Gasteiger partial charge >= 0.3 is 0 Å². The van der Waals surface area contributed by atoms with Gasteiger partial charge in [-0.1, -0.05) is 13.3 Å². The zero-order valence-corrected chi connectivity index (χ0v) is 14.2. The van der Waals surface area contributed by atoms with Crippen molar-refractivity contribution in [3.05, 3.63) is 40.5 Å². The SMILES string of the molecule is CCCCO[C@@H]1O[C@H](CO[N+](=O)[O-])[C@@H](O[N+](=O)[O-])[C@H](O[N+](=O)[O-])[C@H]1O[N+](=O)[O-]. The van der Waals surface area contributed by atoms with Crippen LogP contribution in [0.4, 0.5) is 0 Å².